The van der Waals surface area contributed by atoms with Gasteiger partial charge < -0.3 is 14.0 Å². The lowest BCUT2D eigenvalue weighted by molar-refractivity contribution is -0.133. The van der Waals surface area contributed by atoms with Crippen LogP contribution in [-0.4, -0.2) is 48.9 Å². The van der Waals surface area contributed by atoms with Gasteiger partial charge >= 0.3 is 13.2 Å². The van der Waals surface area contributed by atoms with Crippen molar-refractivity contribution in [3.8, 4) is 0 Å². The smallest absolute Gasteiger partial charge is 0.447 e. The molecule has 0 aromatic rings. The fraction of sp³-hybridized carbons (Fsp3) is 0.920. The van der Waals surface area contributed by atoms with Crippen molar-refractivity contribution in [2.75, 3.05) is 6.61 Å². The van der Waals surface area contributed by atoms with Gasteiger partial charge in [0.2, 0.25) is 5.91 Å². The molecule has 4 aliphatic rings. The zero-order chi connectivity index (χ0) is 22.8. The molecule has 7 heteroatoms. The lowest BCUT2D eigenvalue weighted by Crippen LogP contribution is -2.46. The van der Waals surface area contributed by atoms with Crippen LogP contribution in [0.1, 0.15) is 91.9 Å². The van der Waals surface area contributed by atoms with E-state index in [1.54, 1.807) is 0 Å². The van der Waals surface area contributed by atoms with Gasteiger partial charge in [-0.05, 0) is 43.4 Å². The van der Waals surface area contributed by atoms with Gasteiger partial charge in [-0.3, -0.25) is 4.79 Å². The molecule has 0 bridgehead atoms. The first-order chi connectivity index (χ1) is 15.4. The summed E-state index contributed by atoms with van der Waals surface area (Å²) in [5.41, 5.74) is 0. The summed E-state index contributed by atoms with van der Waals surface area (Å²) in [6, 6.07) is -0.194. The third-order valence-corrected chi connectivity index (χ3v) is 8.66. The van der Waals surface area contributed by atoms with Crippen LogP contribution in [0.4, 0.5) is 4.79 Å². The molecule has 2 aliphatic carbocycles. The standard InChI is InChI=1S/C25H42BNO5/c1-16(2)21-15-30-25(29)27(21)24(28)17(3)18(4)26-31-22(19-11-7-5-8-12-19)23(32-26)20-13-9-6-10-14-20/h16-23H,5-15H2,1-4H3/t17-,18-,21-,22+,23+/m1/s1. The van der Waals surface area contributed by atoms with Crippen LogP contribution in [0.5, 0.6) is 0 Å². The summed E-state index contributed by atoms with van der Waals surface area (Å²) < 4.78 is 18.5. The first-order valence-electron chi connectivity index (χ1n) is 13.2. The van der Waals surface area contributed by atoms with E-state index in [2.05, 4.69) is 0 Å². The monoisotopic (exact) mass is 447 g/mol. The van der Waals surface area contributed by atoms with Crippen molar-refractivity contribution in [2.45, 2.75) is 116 Å². The molecule has 0 spiro atoms. The average Bonchev–Trinajstić information content (AvgIpc) is 3.43. The van der Waals surface area contributed by atoms with Crippen LogP contribution in [0.15, 0.2) is 0 Å². The van der Waals surface area contributed by atoms with E-state index >= 15 is 0 Å². The number of nitrogens with zero attached hydrogens (tertiary/aromatic N) is 1. The maximum atomic E-state index is 13.3. The Bertz CT molecular complexity index is 635. The highest BCUT2D eigenvalue weighted by atomic mass is 16.7. The molecule has 0 unspecified atom stereocenters. The van der Waals surface area contributed by atoms with Crippen molar-refractivity contribution in [1.82, 2.24) is 4.90 Å². The number of rotatable bonds is 6. The number of hydrogen-bond acceptors (Lipinski definition) is 5. The van der Waals surface area contributed by atoms with Crippen molar-refractivity contribution in [2.24, 2.45) is 23.7 Å². The Labute approximate surface area is 194 Å². The second-order valence-corrected chi connectivity index (χ2v) is 11.1. The highest BCUT2D eigenvalue weighted by Gasteiger charge is 2.51. The minimum absolute atomic E-state index is 0.122. The van der Waals surface area contributed by atoms with E-state index in [-0.39, 0.29) is 55.5 Å². The fourth-order valence-electron chi connectivity index (χ4n) is 6.29. The lowest BCUT2D eigenvalue weighted by atomic mass is 9.66. The van der Waals surface area contributed by atoms with E-state index in [0.29, 0.717) is 11.8 Å². The summed E-state index contributed by atoms with van der Waals surface area (Å²) in [6.45, 7) is 8.28. The minimum Gasteiger partial charge on any atom is -0.447 e. The van der Waals surface area contributed by atoms with Crippen molar-refractivity contribution < 1.29 is 23.6 Å². The third-order valence-electron chi connectivity index (χ3n) is 8.66. The van der Waals surface area contributed by atoms with Gasteiger partial charge in [-0.15, -0.1) is 0 Å². The molecule has 0 radical (unpaired) electrons. The molecule has 2 saturated carbocycles. The van der Waals surface area contributed by atoms with Crippen molar-refractivity contribution in [3.63, 3.8) is 0 Å². The Morgan fingerprint density at radius 2 is 1.38 bits per heavy atom. The predicted octanol–water partition coefficient (Wildman–Crippen LogP) is 5.45. The molecular weight excluding hydrogens is 405 g/mol. The van der Waals surface area contributed by atoms with Crippen LogP contribution in [0.2, 0.25) is 5.82 Å². The Hall–Kier alpha value is -1.08. The topological polar surface area (TPSA) is 65.1 Å². The number of imide groups is 1. The van der Waals surface area contributed by atoms with Gasteiger partial charge in [0, 0.05) is 11.7 Å². The van der Waals surface area contributed by atoms with Crippen LogP contribution in [0, 0.1) is 23.7 Å². The van der Waals surface area contributed by atoms with E-state index in [4.69, 9.17) is 14.0 Å². The second-order valence-electron chi connectivity index (χ2n) is 11.1. The van der Waals surface area contributed by atoms with Crippen LogP contribution < -0.4 is 0 Å². The summed E-state index contributed by atoms with van der Waals surface area (Å²) in [7, 11) is -0.385. The number of ether oxygens (including phenoxy) is 1. The third kappa shape index (κ3) is 4.89. The summed E-state index contributed by atoms with van der Waals surface area (Å²) in [5.74, 6) is 0.641. The lowest BCUT2D eigenvalue weighted by Gasteiger charge is -2.35. The first kappa shape index (κ1) is 24.1. The Morgan fingerprint density at radius 1 is 0.875 bits per heavy atom. The van der Waals surface area contributed by atoms with Gasteiger partial charge in [0.25, 0.3) is 0 Å². The Morgan fingerprint density at radius 3 is 1.84 bits per heavy atom. The van der Waals surface area contributed by atoms with Crippen molar-refractivity contribution in [1.29, 1.82) is 0 Å². The van der Waals surface area contributed by atoms with Crippen molar-refractivity contribution in [3.05, 3.63) is 0 Å². The van der Waals surface area contributed by atoms with Gasteiger partial charge in [0.1, 0.15) is 6.61 Å². The molecule has 2 heterocycles. The first-order valence-corrected chi connectivity index (χ1v) is 13.2. The molecule has 5 atom stereocenters. The summed E-state index contributed by atoms with van der Waals surface area (Å²) >= 11 is 0. The van der Waals surface area contributed by atoms with E-state index in [1.807, 2.05) is 27.7 Å². The molecule has 180 valence electrons. The zero-order valence-corrected chi connectivity index (χ0v) is 20.5. The number of carbonyl (C=O) groups is 2. The maximum absolute atomic E-state index is 13.3. The average molecular weight is 447 g/mol. The zero-order valence-electron chi connectivity index (χ0n) is 20.5. The summed E-state index contributed by atoms with van der Waals surface area (Å²) in [6.07, 6.45) is 12.5. The molecule has 0 aromatic carbocycles. The van der Waals surface area contributed by atoms with Gasteiger partial charge in [-0.2, -0.15) is 0 Å². The molecule has 4 rings (SSSR count). The molecule has 2 aliphatic heterocycles. The number of carbonyl (C=O) groups excluding carboxylic acids is 2. The number of amides is 2. The largest absolute Gasteiger partial charge is 0.461 e. The van der Waals surface area contributed by atoms with Gasteiger partial charge in [0.15, 0.2) is 0 Å². The normalized spacial score (nSPS) is 32.4. The maximum Gasteiger partial charge on any atom is 0.461 e. The Kier molecular flexibility index (Phi) is 7.87. The number of hydrogen-bond donors (Lipinski definition) is 0. The molecule has 0 aromatic heterocycles. The Balaban J connectivity index is 1.46. The van der Waals surface area contributed by atoms with E-state index < -0.39 is 6.09 Å². The second kappa shape index (κ2) is 10.5. The van der Waals surface area contributed by atoms with Crippen LogP contribution >= 0.6 is 0 Å². The highest BCUT2D eigenvalue weighted by Crippen LogP contribution is 2.43. The van der Waals surface area contributed by atoms with E-state index in [9.17, 15) is 9.59 Å². The number of cyclic esters (lactones) is 1. The van der Waals surface area contributed by atoms with Crippen LogP contribution in [0.25, 0.3) is 0 Å². The molecule has 4 fully saturated rings. The molecule has 6 nitrogen and oxygen atoms in total. The molecule has 32 heavy (non-hydrogen) atoms. The molecule has 2 saturated heterocycles. The van der Waals surface area contributed by atoms with Crippen molar-refractivity contribution >= 4 is 19.1 Å². The summed E-state index contributed by atoms with van der Waals surface area (Å²) in [4.78, 5) is 27.0. The predicted molar refractivity (Wildman–Crippen MR) is 124 cm³/mol. The van der Waals surface area contributed by atoms with Crippen LogP contribution in [-0.2, 0) is 18.8 Å². The van der Waals surface area contributed by atoms with E-state index in [1.165, 1.54) is 69.1 Å². The highest BCUT2D eigenvalue weighted by molar-refractivity contribution is 6.47. The van der Waals surface area contributed by atoms with Gasteiger partial charge in [0.05, 0.1) is 18.2 Å². The van der Waals surface area contributed by atoms with Gasteiger partial charge in [-0.1, -0.05) is 66.2 Å². The molecule has 2 amide bonds. The summed E-state index contributed by atoms with van der Waals surface area (Å²) in [5, 5.41) is 0. The molecular formula is C25H42BNO5. The quantitative estimate of drug-likeness (QED) is 0.507. The molecule has 0 N–H and O–H groups in total. The minimum atomic E-state index is -0.513. The fourth-order valence-corrected chi connectivity index (χ4v) is 6.29. The van der Waals surface area contributed by atoms with E-state index in [0.717, 1.165) is 0 Å². The van der Waals surface area contributed by atoms with Crippen LogP contribution in [0.3, 0.4) is 0 Å². The SMILES string of the molecule is CC(C)[C@H]1COC(=O)N1C(=O)[C@H](C)[C@@H](C)B1O[C@@H](C2CCCCC2)[C@H](C2CCCCC2)O1. The van der Waals surface area contributed by atoms with Gasteiger partial charge in [-0.25, -0.2) is 9.69 Å².